The first-order valence-electron chi connectivity index (χ1n) is 9.79. The monoisotopic (exact) mass is 372 g/mol. The number of benzene rings is 2. The summed E-state index contributed by atoms with van der Waals surface area (Å²) in [5, 5.41) is 0. The molecule has 0 aliphatic heterocycles. The van der Waals surface area contributed by atoms with E-state index in [1.54, 1.807) is 11.1 Å². The number of aryl methyl sites for hydroxylation is 4. The van der Waals surface area contributed by atoms with Crippen LogP contribution in [0.5, 0.6) is 0 Å². The molecule has 4 rings (SSSR count). The van der Waals surface area contributed by atoms with Crippen LogP contribution in [0.3, 0.4) is 0 Å². The molecule has 26 heavy (non-hydrogen) atoms. The average Bonchev–Trinajstić information content (AvgIpc) is 3.25. The summed E-state index contributed by atoms with van der Waals surface area (Å²) in [5.74, 6) is 1.21. The summed E-state index contributed by atoms with van der Waals surface area (Å²) in [4.78, 5) is 0. The minimum atomic E-state index is 0.603. The molecule has 2 aliphatic rings. The van der Waals surface area contributed by atoms with Crippen molar-refractivity contribution in [2.75, 3.05) is 0 Å². The second-order valence-electron chi connectivity index (χ2n) is 8.15. The molecule has 0 fully saturated rings. The standard InChI is InChI=1S/C25H27.Sc/c1-16-8-10-18(3)24-20(12-14-22(16)24)6-5-7-21-13-15-23-17(2)9-11-19(4)25(21)23;/h6,8-15,20-21H,5,7H2,1-4H3;. The van der Waals surface area contributed by atoms with Crippen LogP contribution < -0.4 is 0 Å². The molecule has 130 valence electrons. The normalized spacial score (nSPS) is 21.0. The fourth-order valence-electron chi connectivity index (χ4n) is 4.84. The topological polar surface area (TPSA) is 0 Å². The molecule has 0 aromatic heterocycles. The summed E-state index contributed by atoms with van der Waals surface area (Å²) >= 11 is 1.91. The van der Waals surface area contributed by atoms with Gasteiger partial charge in [-0.15, -0.1) is 0 Å². The van der Waals surface area contributed by atoms with Crippen LogP contribution in [0.1, 0.15) is 69.2 Å². The predicted octanol–water partition coefficient (Wildman–Crippen LogP) is 6.96. The zero-order chi connectivity index (χ0) is 18.4. The molecule has 0 bridgehead atoms. The number of allylic oxidation sites excluding steroid dienone is 2. The van der Waals surface area contributed by atoms with Crippen LogP contribution in [0.15, 0.2) is 36.4 Å². The fourth-order valence-corrected chi connectivity index (χ4v) is 5.64. The van der Waals surface area contributed by atoms with Gasteiger partial charge in [0.15, 0.2) is 0 Å². The maximum atomic E-state index is 2.46. The van der Waals surface area contributed by atoms with Gasteiger partial charge < -0.3 is 0 Å². The first kappa shape index (κ1) is 18.2. The van der Waals surface area contributed by atoms with Gasteiger partial charge in [-0.3, -0.25) is 0 Å². The van der Waals surface area contributed by atoms with Crippen LogP contribution >= 0.6 is 0 Å². The van der Waals surface area contributed by atoms with E-state index >= 15 is 0 Å². The molecule has 2 aromatic rings. The minimum absolute atomic E-state index is 0.603. The van der Waals surface area contributed by atoms with Gasteiger partial charge in [0.2, 0.25) is 0 Å². The van der Waals surface area contributed by atoms with Crippen molar-refractivity contribution >= 4 is 12.2 Å². The van der Waals surface area contributed by atoms with Gasteiger partial charge in [-0.2, -0.15) is 0 Å². The molecule has 0 nitrogen and oxygen atoms in total. The first-order chi connectivity index (χ1) is 12.5. The zero-order valence-corrected chi connectivity index (χ0v) is 18.1. The Morgan fingerprint density at radius 3 is 2.00 bits per heavy atom. The molecule has 1 heteroatoms. The molecule has 0 spiro atoms. The van der Waals surface area contributed by atoms with Crippen molar-refractivity contribution in [3.8, 4) is 0 Å². The summed E-state index contributed by atoms with van der Waals surface area (Å²) in [6.45, 7) is 9.03. The summed E-state index contributed by atoms with van der Waals surface area (Å²) in [5.41, 5.74) is 11.9. The Morgan fingerprint density at radius 2 is 1.31 bits per heavy atom. The predicted molar refractivity (Wildman–Crippen MR) is 108 cm³/mol. The number of hydrogen-bond donors (Lipinski definition) is 0. The van der Waals surface area contributed by atoms with Crippen molar-refractivity contribution in [1.82, 2.24) is 0 Å². The Labute approximate surface area is 173 Å². The Morgan fingerprint density at radius 1 is 0.769 bits per heavy atom. The molecule has 2 aliphatic carbocycles. The van der Waals surface area contributed by atoms with Gasteiger partial charge in [0.05, 0.1) is 0 Å². The van der Waals surface area contributed by atoms with E-state index < -0.39 is 0 Å². The molecule has 0 amide bonds. The van der Waals surface area contributed by atoms with Crippen molar-refractivity contribution < 1.29 is 24.4 Å². The summed E-state index contributed by atoms with van der Waals surface area (Å²) < 4.78 is 0.739. The van der Waals surface area contributed by atoms with Crippen LogP contribution in [0.4, 0.5) is 0 Å². The van der Waals surface area contributed by atoms with Gasteiger partial charge in [0, 0.05) is 0 Å². The average molecular weight is 372 g/mol. The molecule has 0 N–H and O–H groups in total. The third kappa shape index (κ3) is 3.03. The van der Waals surface area contributed by atoms with Gasteiger partial charge in [0.25, 0.3) is 0 Å². The van der Waals surface area contributed by atoms with E-state index in [0.29, 0.717) is 11.8 Å². The van der Waals surface area contributed by atoms with Crippen molar-refractivity contribution in [2.24, 2.45) is 0 Å². The molecule has 0 heterocycles. The van der Waals surface area contributed by atoms with Crippen LogP contribution in [0.2, 0.25) is 3.67 Å². The SMILES string of the molecule is Cc1ccc(C)c2c1C=CC2CC[CH]([Sc])C1C=Cc2c(C)ccc(C)c21. The van der Waals surface area contributed by atoms with Crippen LogP contribution in [0, 0.1) is 27.7 Å². The Bertz CT molecular complexity index is 916. The van der Waals surface area contributed by atoms with E-state index in [0.717, 1.165) is 3.67 Å². The van der Waals surface area contributed by atoms with Gasteiger partial charge in [-0.1, -0.05) is 0 Å². The number of rotatable bonds is 4. The van der Waals surface area contributed by atoms with Gasteiger partial charge in [-0.05, 0) is 0 Å². The maximum absolute atomic E-state index is 2.46. The first-order valence-corrected chi connectivity index (χ1v) is 10.8. The van der Waals surface area contributed by atoms with E-state index in [1.165, 1.54) is 46.2 Å². The Kier molecular flexibility index (Phi) is 4.94. The van der Waals surface area contributed by atoms with E-state index in [2.05, 4.69) is 76.3 Å². The second-order valence-corrected chi connectivity index (χ2v) is 9.48. The quantitative estimate of drug-likeness (QED) is 0.544. The Balaban J connectivity index is 1.51. The van der Waals surface area contributed by atoms with E-state index in [9.17, 15) is 0 Å². The Hall–Kier alpha value is -1.21. The summed E-state index contributed by atoms with van der Waals surface area (Å²) in [6.07, 6.45) is 12.2. The molecular weight excluding hydrogens is 345 g/mol. The van der Waals surface area contributed by atoms with Crippen LogP contribution in [0.25, 0.3) is 12.2 Å². The van der Waals surface area contributed by atoms with Crippen molar-refractivity contribution in [3.63, 3.8) is 0 Å². The zero-order valence-electron chi connectivity index (χ0n) is 16.3. The fraction of sp³-hybridized carbons (Fsp3) is 0.360. The van der Waals surface area contributed by atoms with Gasteiger partial charge >= 0.3 is 173 Å². The molecule has 0 saturated heterocycles. The number of hydrogen-bond acceptors (Lipinski definition) is 0. The van der Waals surface area contributed by atoms with Crippen LogP contribution in [-0.2, 0) is 24.4 Å². The van der Waals surface area contributed by atoms with E-state index in [4.69, 9.17) is 0 Å². The van der Waals surface area contributed by atoms with Gasteiger partial charge in [0.1, 0.15) is 0 Å². The van der Waals surface area contributed by atoms with Gasteiger partial charge in [-0.25, -0.2) is 0 Å². The molecule has 0 radical (unpaired) electrons. The molecule has 3 atom stereocenters. The molecule has 3 unspecified atom stereocenters. The second kappa shape index (κ2) is 7.08. The van der Waals surface area contributed by atoms with E-state index in [1.807, 2.05) is 24.4 Å². The third-order valence-corrected chi connectivity index (χ3v) is 7.56. The van der Waals surface area contributed by atoms with Crippen molar-refractivity contribution in [1.29, 1.82) is 0 Å². The third-order valence-electron chi connectivity index (χ3n) is 6.39. The number of fused-ring (bicyclic) bond motifs is 2. The van der Waals surface area contributed by atoms with Crippen LogP contribution in [-0.4, -0.2) is 0 Å². The summed E-state index contributed by atoms with van der Waals surface area (Å²) in [7, 11) is 0. The van der Waals surface area contributed by atoms with Crippen molar-refractivity contribution in [2.45, 2.75) is 56.0 Å². The van der Waals surface area contributed by atoms with Crippen molar-refractivity contribution in [3.05, 3.63) is 80.9 Å². The molecule has 0 saturated carbocycles. The summed E-state index contributed by atoms with van der Waals surface area (Å²) in [6, 6.07) is 9.12. The molecular formula is C25H27Sc. The van der Waals surface area contributed by atoms with E-state index in [-0.39, 0.29) is 0 Å². The molecule has 2 aromatic carbocycles.